The van der Waals surface area contributed by atoms with Gasteiger partial charge in [-0.3, -0.25) is 9.48 Å². The summed E-state index contributed by atoms with van der Waals surface area (Å²) >= 11 is 0. The van der Waals surface area contributed by atoms with Gasteiger partial charge in [0.15, 0.2) is 0 Å². The van der Waals surface area contributed by atoms with Crippen LogP contribution in [0.4, 0.5) is 5.82 Å². The number of hydrogen-bond donors (Lipinski definition) is 2. The van der Waals surface area contributed by atoms with E-state index in [0.29, 0.717) is 13.0 Å². The zero-order valence-electron chi connectivity index (χ0n) is 10.4. The molecule has 1 fully saturated rings. The number of carbonyl (C=O) groups excluding carboxylic acids is 1. The van der Waals surface area contributed by atoms with E-state index in [9.17, 15) is 4.79 Å². The predicted molar refractivity (Wildman–Crippen MR) is 65.0 cm³/mol. The van der Waals surface area contributed by atoms with Crippen molar-refractivity contribution in [1.82, 2.24) is 14.7 Å². The van der Waals surface area contributed by atoms with E-state index in [4.69, 9.17) is 5.84 Å². The topological polar surface area (TPSA) is 76.2 Å². The van der Waals surface area contributed by atoms with Gasteiger partial charge in [0.05, 0.1) is 12.2 Å². The van der Waals surface area contributed by atoms with E-state index < -0.39 is 0 Å². The monoisotopic (exact) mass is 237 g/mol. The van der Waals surface area contributed by atoms with Gasteiger partial charge in [-0.1, -0.05) is 0 Å². The first-order valence-electron chi connectivity index (χ1n) is 5.90. The summed E-state index contributed by atoms with van der Waals surface area (Å²) in [6.07, 6.45) is 2.74. The van der Waals surface area contributed by atoms with Crippen LogP contribution in [0.3, 0.4) is 0 Å². The third kappa shape index (κ3) is 2.26. The van der Waals surface area contributed by atoms with Crippen LogP contribution in [0, 0.1) is 6.92 Å². The fourth-order valence-electron chi connectivity index (χ4n) is 2.29. The van der Waals surface area contributed by atoms with Gasteiger partial charge >= 0.3 is 0 Å². The minimum atomic E-state index is 0.225. The lowest BCUT2D eigenvalue weighted by Crippen LogP contribution is -2.35. The number of piperidine rings is 1. The third-order valence-electron chi connectivity index (χ3n) is 3.25. The summed E-state index contributed by atoms with van der Waals surface area (Å²) in [5.74, 6) is 6.49. The van der Waals surface area contributed by atoms with Gasteiger partial charge in [0.2, 0.25) is 5.91 Å². The Bertz CT molecular complexity index is 426. The van der Waals surface area contributed by atoms with Crippen LogP contribution in [0.1, 0.15) is 30.5 Å². The standard InChI is InChI=1S/C11H19N5O/c1-8-9(11(13-12)15(2)14-8)7-16-6-4-3-5-10(16)17/h13H,3-7,12H2,1-2H3. The normalized spacial score (nSPS) is 16.4. The number of nitrogens with two attached hydrogens (primary N) is 1. The number of aromatic nitrogens is 2. The maximum atomic E-state index is 11.8. The number of aryl methyl sites for hydroxylation is 2. The maximum absolute atomic E-state index is 11.8. The second kappa shape index (κ2) is 4.75. The number of nitrogen functional groups attached to an aromatic ring is 1. The molecule has 0 atom stereocenters. The van der Waals surface area contributed by atoms with Crippen LogP contribution in [0.15, 0.2) is 0 Å². The molecule has 1 amide bonds. The predicted octanol–water partition coefficient (Wildman–Crippen LogP) is 0.527. The van der Waals surface area contributed by atoms with Crippen LogP contribution in [-0.4, -0.2) is 27.1 Å². The number of carbonyl (C=O) groups is 1. The van der Waals surface area contributed by atoms with E-state index in [0.717, 1.165) is 36.5 Å². The molecular weight excluding hydrogens is 218 g/mol. The number of nitrogens with zero attached hydrogens (tertiary/aromatic N) is 3. The molecular formula is C11H19N5O. The Kier molecular flexibility index (Phi) is 3.33. The number of anilines is 1. The number of amides is 1. The Labute approximate surface area is 101 Å². The lowest BCUT2D eigenvalue weighted by atomic mass is 10.1. The summed E-state index contributed by atoms with van der Waals surface area (Å²) in [6.45, 7) is 3.36. The minimum absolute atomic E-state index is 0.225. The fourth-order valence-corrected chi connectivity index (χ4v) is 2.29. The summed E-state index contributed by atoms with van der Waals surface area (Å²) in [7, 11) is 1.84. The van der Waals surface area contributed by atoms with Gasteiger partial charge in [0.25, 0.3) is 0 Å². The molecule has 0 radical (unpaired) electrons. The molecule has 1 saturated heterocycles. The molecule has 0 aliphatic carbocycles. The van der Waals surface area contributed by atoms with Crippen molar-refractivity contribution in [3.05, 3.63) is 11.3 Å². The molecule has 1 aliphatic rings. The van der Waals surface area contributed by atoms with Crippen molar-refractivity contribution in [3.8, 4) is 0 Å². The highest BCUT2D eigenvalue weighted by Crippen LogP contribution is 2.22. The molecule has 3 N–H and O–H groups in total. The van der Waals surface area contributed by atoms with Gasteiger partial charge in [-0.2, -0.15) is 5.10 Å². The van der Waals surface area contributed by atoms with Crippen molar-refractivity contribution in [2.75, 3.05) is 12.0 Å². The number of rotatable bonds is 3. The van der Waals surface area contributed by atoms with E-state index in [2.05, 4.69) is 10.5 Å². The SMILES string of the molecule is Cc1nn(C)c(NN)c1CN1CCCCC1=O. The quantitative estimate of drug-likeness (QED) is 0.594. The van der Waals surface area contributed by atoms with Crippen LogP contribution in [-0.2, 0) is 18.4 Å². The summed E-state index contributed by atoms with van der Waals surface area (Å²) in [5, 5.41) is 4.31. The number of nitrogens with one attached hydrogen (secondary N) is 1. The molecule has 0 unspecified atom stereocenters. The van der Waals surface area contributed by atoms with Crippen molar-refractivity contribution >= 4 is 11.7 Å². The molecule has 1 aliphatic heterocycles. The first-order chi connectivity index (χ1) is 8.13. The average molecular weight is 237 g/mol. The van der Waals surface area contributed by atoms with E-state index >= 15 is 0 Å². The van der Waals surface area contributed by atoms with E-state index in [1.165, 1.54) is 0 Å². The van der Waals surface area contributed by atoms with Gasteiger partial charge in [-0.05, 0) is 19.8 Å². The van der Waals surface area contributed by atoms with E-state index in [-0.39, 0.29) is 5.91 Å². The molecule has 0 saturated carbocycles. The summed E-state index contributed by atoms with van der Waals surface area (Å²) < 4.78 is 1.71. The average Bonchev–Trinajstić information content (AvgIpc) is 2.56. The van der Waals surface area contributed by atoms with Crippen molar-refractivity contribution in [2.45, 2.75) is 32.7 Å². The summed E-state index contributed by atoms with van der Waals surface area (Å²) in [5.41, 5.74) is 4.57. The Balaban J connectivity index is 2.20. The lowest BCUT2D eigenvalue weighted by Gasteiger charge is -2.26. The molecule has 1 aromatic rings. The van der Waals surface area contributed by atoms with Crippen molar-refractivity contribution in [3.63, 3.8) is 0 Å². The van der Waals surface area contributed by atoms with Gasteiger partial charge in [-0.15, -0.1) is 0 Å². The van der Waals surface area contributed by atoms with Crippen molar-refractivity contribution in [1.29, 1.82) is 0 Å². The van der Waals surface area contributed by atoms with Crippen LogP contribution in [0.2, 0.25) is 0 Å². The van der Waals surface area contributed by atoms with Crippen LogP contribution >= 0.6 is 0 Å². The number of hydrogen-bond acceptors (Lipinski definition) is 4. The molecule has 94 valence electrons. The van der Waals surface area contributed by atoms with Gasteiger partial charge in [0.1, 0.15) is 5.82 Å². The van der Waals surface area contributed by atoms with Gasteiger partial charge in [-0.25, -0.2) is 5.84 Å². The summed E-state index contributed by atoms with van der Waals surface area (Å²) in [4.78, 5) is 13.6. The fraction of sp³-hybridized carbons (Fsp3) is 0.636. The largest absolute Gasteiger partial charge is 0.338 e. The summed E-state index contributed by atoms with van der Waals surface area (Å²) in [6, 6.07) is 0. The van der Waals surface area contributed by atoms with Crippen molar-refractivity contribution < 1.29 is 4.79 Å². The maximum Gasteiger partial charge on any atom is 0.222 e. The van der Waals surface area contributed by atoms with E-state index in [1.54, 1.807) is 4.68 Å². The second-order valence-electron chi connectivity index (χ2n) is 4.45. The molecule has 6 nitrogen and oxygen atoms in total. The van der Waals surface area contributed by atoms with Crippen LogP contribution < -0.4 is 11.3 Å². The van der Waals surface area contributed by atoms with Gasteiger partial charge in [0, 0.05) is 25.6 Å². The molecule has 2 rings (SSSR count). The highest BCUT2D eigenvalue weighted by atomic mass is 16.2. The number of likely N-dealkylation sites (tertiary alicyclic amines) is 1. The molecule has 0 bridgehead atoms. The third-order valence-corrected chi connectivity index (χ3v) is 3.25. The molecule has 0 spiro atoms. The lowest BCUT2D eigenvalue weighted by molar-refractivity contribution is -0.133. The smallest absolute Gasteiger partial charge is 0.222 e. The highest BCUT2D eigenvalue weighted by Gasteiger charge is 2.21. The van der Waals surface area contributed by atoms with Crippen molar-refractivity contribution in [2.24, 2.45) is 12.9 Å². The molecule has 17 heavy (non-hydrogen) atoms. The highest BCUT2D eigenvalue weighted by molar-refractivity contribution is 5.77. The minimum Gasteiger partial charge on any atom is -0.338 e. The molecule has 6 heteroatoms. The zero-order valence-corrected chi connectivity index (χ0v) is 10.4. The molecule has 1 aromatic heterocycles. The first-order valence-corrected chi connectivity index (χ1v) is 5.90. The Hall–Kier alpha value is -1.56. The first kappa shape index (κ1) is 11.9. The Morgan fingerprint density at radius 1 is 1.47 bits per heavy atom. The molecule has 0 aromatic carbocycles. The Morgan fingerprint density at radius 3 is 2.88 bits per heavy atom. The second-order valence-corrected chi connectivity index (χ2v) is 4.45. The zero-order chi connectivity index (χ0) is 12.4. The van der Waals surface area contributed by atoms with Crippen LogP contribution in [0.25, 0.3) is 0 Å². The van der Waals surface area contributed by atoms with Gasteiger partial charge < -0.3 is 10.3 Å². The number of hydrazine groups is 1. The molecule has 2 heterocycles. The Morgan fingerprint density at radius 2 is 2.24 bits per heavy atom. The van der Waals surface area contributed by atoms with E-state index in [1.807, 2.05) is 18.9 Å². The van der Waals surface area contributed by atoms with Crippen LogP contribution in [0.5, 0.6) is 0 Å².